The molecule has 0 amide bonds. The van der Waals surface area contributed by atoms with Gasteiger partial charge in [0.15, 0.2) is 11.5 Å². The van der Waals surface area contributed by atoms with Crippen LogP contribution in [0.5, 0.6) is 11.5 Å². The Balaban J connectivity index is -0.000000361. The quantitative estimate of drug-likeness (QED) is 0.276. The third-order valence-corrected chi connectivity index (χ3v) is 3.61. The Labute approximate surface area is 180 Å². The molecule has 1 aromatic carbocycles. The molecule has 0 saturated carbocycles. The van der Waals surface area contributed by atoms with E-state index in [0.717, 1.165) is 27.8 Å². The molecule has 3 nitrogen and oxygen atoms in total. The topological polar surface area (TPSA) is 66.5 Å². The fourth-order valence-corrected chi connectivity index (χ4v) is 2.18. The van der Waals surface area contributed by atoms with E-state index in [4.69, 9.17) is 5.73 Å². The van der Waals surface area contributed by atoms with Crippen molar-refractivity contribution in [1.29, 1.82) is 0 Å². The second kappa shape index (κ2) is 14.0. The van der Waals surface area contributed by atoms with Gasteiger partial charge in [-0.2, -0.15) is 0 Å². The van der Waals surface area contributed by atoms with E-state index < -0.39 is 0 Å². The van der Waals surface area contributed by atoms with Crippen molar-refractivity contribution >= 4 is 23.5 Å². The number of rotatable bonds is 3. The number of hydrogen-bond donors (Lipinski definition) is 3. The fourth-order valence-electron chi connectivity index (χ4n) is 1.03. The van der Waals surface area contributed by atoms with Crippen LogP contribution in [0.1, 0.15) is 12.5 Å². The summed E-state index contributed by atoms with van der Waals surface area (Å²) in [6, 6.07) is 1.50. The van der Waals surface area contributed by atoms with Crippen molar-refractivity contribution in [2.24, 2.45) is 5.73 Å². The smallest absolute Gasteiger partial charge is 0.169 e. The first-order chi connectivity index (χ1) is 8.38. The molecule has 0 aliphatic rings. The molecule has 7 heteroatoms. The van der Waals surface area contributed by atoms with Crippen LogP contribution >= 0.6 is 23.5 Å². The van der Waals surface area contributed by atoms with Crippen molar-refractivity contribution in [1.82, 2.24) is 0 Å². The van der Waals surface area contributed by atoms with E-state index in [1.54, 1.807) is 0 Å². The van der Waals surface area contributed by atoms with Crippen LogP contribution in [-0.2, 0) is 65.4 Å². The molecule has 4 N–H and O–H groups in total. The zero-order valence-electron chi connectivity index (χ0n) is 11.8. The summed E-state index contributed by atoms with van der Waals surface area (Å²) in [5.41, 5.74) is 7.00. The Hall–Kier alpha value is 1.43. The van der Waals surface area contributed by atoms with Gasteiger partial charge in [-0.1, -0.05) is 12.2 Å². The maximum Gasteiger partial charge on any atom is 0.169 e. The van der Waals surface area contributed by atoms with Crippen molar-refractivity contribution in [3.63, 3.8) is 0 Å². The van der Waals surface area contributed by atoms with Gasteiger partial charge in [-0.05, 0) is 30.4 Å². The average Bonchev–Trinajstić information content (AvgIpc) is 2.35. The summed E-state index contributed by atoms with van der Waals surface area (Å²) in [5, 5.41) is 18.8. The van der Waals surface area contributed by atoms with Gasteiger partial charge >= 0.3 is 0 Å². The van der Waals surface area contributed by atoms with Gasteiger partial charge in [-0.3, -0.25) is 12.5 Å². The molecule has 0 spiro atoms. The molecule has 0 aliphatic heterocycles. The molecular formula is C13H19NO2S2Y2-2. The van der Waals surface area contributed by atoms with Crippen LogP contribution < -0.4 is 5.73 Å². The van der Waals surface area contributed by atoms with E-state index in [1.165, 1.54) is 17.8 Å². The second-order valence-electron chi connectivity index (χ2n) is 3.65. The molecule has 20 heavy (non-hydrogen) atoms. The van der Waals surface area contributed by atoms with Crippen LogP contribution in [0.25, 0.3) is 0 Å². The minimum atomic E-state index is -0.122. The fraction of sp³-hybridized carbons (Fsp3) is 0.231. The molecule has 108 valence electrons. The molecule has 1 aromatic rings. The summed E-state index contributed by atoms with van der Waals surface area (Å²) in [5.74, 6) is -0.224. The van der Waals surface area contributed by atoms with Crippen LogP contribution in [0, 0.1) is 19.4 Å². The zero-order valence-corrected chi connectivity index (χ0v) is 19.2. The first-order valence-corrected chi connectivity index (χ1v) is 7.10. The van der Waals surface area contributed by atoms with Crippen LogP contribution in [0.4, 0.5) is 0 Å². The molecule has 1 rings (SSSR count). The number of thioether (sulfide) groups is 2. The summed E-state index contributed by atoms with van der Waals surface area (Å²) in [4.78, 5) is 1.45. The van der Waals surface area contributed by atoms with E-state index in [2.05, 4.69) is 19.1 Å². The van der Waals surface area contributed by atoms with Crippen LogP contribution in [0.2, 0.25) is 0 Å². The second-order valence-corrected chi connectivity index (χ2v) is 5.07. The summed E-state index contributed by atoms with van der Waals surface area (Å²) < 4.78 is 0. The van der Waals surface area contributed by atoms with Crippen LogP contribution in [0.15, 0.2) is 28.0 Å². The maximum absolute atomic E-state index is 9.46. The molecule has 0 saturated heterocycles. The van der Waals surface area contributed by atoms with Gasteiger partial charge in [0.2, 0.25) is 0 Å². The summed E-state index contributed by atoms with van der Waals surface area (Å²) in [7, 11) is 0. The molecule has 0 heterocycles. The predicted octanol–water partition coefficient (Wildman–Crippen LogP) is 3.69. The van der Waals surface area contributed by atoms with Crippen molar-refractivity contribution in [3.05, 3.63) is 36.3 Å². The van der Waals surface area contributed by atoms with E-state index in [0.29, 0.717) is 11.4 Å². The van der Waals surface area contributed by atoms with E-state index in [9.17, 15) is 10.2 Å². The number of nitrogens with two attached hydrogens (primary N) is 1. The van der Waals surface area contributed by atoms with Gasteiger partial charge < -0.3 is 39.5 Å². The van der Waals surface area contributed by atoms with Crippen molar-refractivity contribution in [2.75, 3.05) is 6.54 Å². The van der Waals surface area contributed by atoms with Crippen molar-refractivity contribution in [2.45, 2.75) is 23.6 Å². The van der Waals surface area contributed by atoms with Gasteiger partial charge in [0.05, 0.1) is 0 Å². The number of phenols is 2. The Morgan fingerprint density at radius 2 is 1.75 bits per heavy atom. The molecule has 0 atom stereocenters. The minimum absolute atomic E-state index is 0. The third-order valence-electron chi connectivity index (χ3n) is 2.08. The first-order valence-electron chi connectivity index (χ1n) is 5.13. The Bertz CT molecular complexity index is 429. The Morgan fingerprint density at radius 1 is 1.30 bits per heavy atom. The van der Waals surface area contributed by atoms with Gasteiger partial charge in [-0.25, -0.2) is 0 Å². The number of benzene rings is 1. The van der Waals surface area contributed by atoms with E-state index in [1.807, 2.05) is 13.8 Å². The molecule has 0 aromatic heterocycles. The van der Waals surface area contributed by atoms with Crippen LogP contribution in [-0.4, -0.2) is 16.8 Å². The predicted molar refractivity (Wildman–Crippen MR) is 80.8 cm³/mol. The van der Waals surface area contributed by atoms with Crippen molar-refractivity contribution in [3.8, 4) is 11.5 Å². The standard InChI is InChI=1S/C9H10O2S2.C4H9N.2Y/c1-5-7(12-2)4-6(10)8(11)9(5)13-3;1-4(2)3-5;;/h4,10-11H,2-3H2,1H3;1,3,5H2,2H3;;/q-2;;;. The first kappa shape index (κ1) is 26.3. The average molecular weight is 463 g/mol. The van der Waals surface area contributed by atoms with E-state index >= 15 is 0 Å². The zero-order chi connectivity index (χ0) is 14.3. The minimum Gasteiger partial charge on any atom is -0.504 e. The van der Waals surface area contributed by atoms with Gasteiger partial charge in [0.1, 0.15) is 0 Å². The Kier molecular flexibility index (Phi) is 18.5. The maximum atomic E-state index is 9.46. The van der Waals surface area contributed by atoms with Gasteiger partial charge in [-0.15, -0.1) is 0 Å². The van der Waals surface area contributed by atoms with Gasteiger partial charge in [0.25, 0.3) is 0 Å². The van der Waals surface area contributed by atoms with Gasteiger partial charge in [0, 0.05) is 76.9 Å². The third kappa shape index (κ3) is 8.77. The van der Waals surface area contributed by atoms with Crippen LogP contribution in [0.3, 0.4) is 0 Å². The van der Waals surface area contributed by atoms with E-state index in [-0.39, 0.29) is 76.9 Å². The number of phenolic OH excluding ortho intramolecular Hbond substituents is 2. The number of aromatic hydroxyl groups is 2. The monoisotopic (exact) mass is 463 g/mol. The molecule has 0 fully saturated rings. The Morgan fingerprint density at radius 3 is 2.05 bits per heavy atom. The number of hydrogen-bond acceptors (Lipinski definition) is 5. The molecule has 0 bridgehead atoms. The summed E-state index contributed by atoms with van der Waals surface area (Å²) in [6.07, 6.45) is 7.27. The SMILES string of the molecule is C=C(C)CN.[CH2-]Sc1cc(O)c(O)c(S[CH2-])c1C.[Y].[Y]. The summed E-state index contributed by atoms with van der Waals surface area (Å²) in [6.45, 7) is 7.92. The normalized spacial score (nSPS) is 8.65. The summed E-state index contributed by atoms with van der Waals surface area (Å²) >= 11 is 2.45. The van der Waals surface area contributed by atoms with Crippen molar-refractivity contribution < 1.29 is 75.6 Å². The molecule has 0 unspecified atom stereocenters. The largest absolute Gasteiger partial charge is 0.504 e. The molecule has 2 radical (unpaired) electrons. The molecule has 0 aliphatic carbocycles. The molecular weight excluding hydrogens is 444 g/mol.